The average molecular weight is 479 g/mol. The van der Waals surface area contributed by atoms with E-state index in [-0.39, 0.29) is 19.1 Å². The van der Waals surface area contributed by atoms with E-state index in [2.05, 4.69) is 5.32 Å². The zero-order valence-electron chi connectivity index (χ0n) is 17.7. The normalized spacial score (nSPS) is 12.2. The van der Waals surface area contributed by atoms with Gasteiger partial charge in [0, 0.05) is 28.5 Å². The Labute approximate surface area is 195 Å². The van der Waals surface area contributed by atoms with Crippen molar-refractivity contribution in [1.82, 2.24) is 4.57 Å². The van der Waals surface area contributed by atoms with Gasteiger partial charge in [0.1, 0.15) is 6.61 Å². The van der Waals surface area contributed by atoms with Gasteiger partial charge in [0.2, 0.25) is 0 Å². The predicted molar refractivity (Wildman–Crippen MR) is 125 cm³/mol. The summed E-state index contributed by atoms with van der Waals surface area (Å²) >= 11 is 11.9. The van der Waals surface area contributed by atoms with Gasteiger partial charge in [-0.05, 0) is 49.7 Å². The van der Waals surface area contributed by atoms with E-state index in [1.807, 2.05) is 48.9 Å². The number of carboxylic acid groups (broad SMARTS) is 1. The summed E-state index contributed by atoms with van der Waals surface area (Å²) in [6.07, 6.45) is 0.406. The Morgan fingerprint density at radius 2 is 1.94 bits per heavy atom. The van der Waals surface area contributed by atoms with Gasteiger partial charge in [0.25, 0.3) is 0 Å². The number of fused-ring (bicyclic) bond motifs is 1. The third-order valence-electron chi connectivity index (χ3n) is 4.75. The lowest BCUT2D eigenvalue weighted by Crippen LogP contribution is -2.29. The van der Waals surface area contributed by atoms with Crippen LogP contribution in [-0.2, 0) is 27.2 Å². The first-order valence-corrected chi connectivity index (χ1v) is 10.8. The molecule has 3 aromatic rings. The van der Waals surface area contributed by atoms with E-state index in [0.717, 1.165) is 16.5 Å². The van der Waals surface area contributed by atoms with Gasteiger partial charge in [-0.15, -0.1) is 0 Å². The first kappa shape index (κ1) is 23.9. The molecule has 0 spiro atoms. The number of amides is 1. The van der Waals surface area contributed by atoms with Gasteiger partial charge in [-0.25, -0.2) is 9.59 Å². The number of carboxylic acids is 1. The van der Waals surface area contributed by atoms with Gasteiger partial charge in [-0.2, -0.15) is 0 Å². The Morgan fingerprint density at radius 3 is 2.62 bits per heavy atom. The highest BCUT2D eigenvalue weighted by Gasteiger charge is 2.21. The molecule has 1 aromatic heterocycles. The standard InChI is InChI=1S/C23H24Cl2N2O5/c1-14(2)32-21(22(28)29)12-15-4-3-5-20-17(15)8-9-27(20)10-11-31-23(30)26-19-7-6-16(24)13-18(19)25/h3-9,13-14,21H,10-12H2,1-2H3,(H,26,30)(H,28,29). The number of nitrogens with zero attached hydrogens (tertiary/aromatic N) is 1. The molecule has 0 saturated heterocycles. The fourth-order valence-electron chi connectivity index (χ4n) is 3.36. The molecule has 1 heterocycles. The molecule has 0 aliphatic rings. The van der Waals surface area contributed by atoms with Crippen molar-refractivity contribution in [3.05, 3.63) is 64.3 Å². The second-order valence-electron chi connectivity index (χ2n) is 7.46. The number of aromatic nitrogens is 1. The maximum atomic E-state index is 12.1. The maximum Gasteiger partial charge on any atom is 0.411 e. The number of hydrogen-bond donors (Lipinski definition) is 2. The highest BCUT2D eigenvalue weighted by molar-refractivity contribution is 6.36. The van der Waals surface area contributed by atoms with Crippen molar-refractivity contribution in [3.63, 3.8) is 0 Å². The van der Waals surface area contributed by atoms with Gasteiger partial charge in [-0.3, -0.25) is 5.32 Å². The average Bonchev–Trinajstić information content (AvgIpc) is 3.13. The molecular formula is C23H24Cl2N2O5. The Hall–Kier alpha value is -2.74. The van der Waals surface area contributed by atoms with Crippen LogP contribution < -0.4 is 5.32 Å². The van der Waals surface area contributed by atoms with Crippen LogP contribution >= 0.6 is 23.2 Å². The molecule has 32 heavy (non-hydrogen) atoms. The predicted octanol–water partition coefficient (Wildman–Crippen LogP) is 5.62. The van der Waals surface area contributed by atoms with Crippen LogP contribution in [0, 0.1) is 0 Å². The molecule has 2 aromatic carbocycles. The number of nitrogens with one attached hydrogen (secondary N) is 1. The van der Waals surface area contributed by atoms with Crippen LogP contribution in [0.3, 0.4) is 0 Å². The highest BCUT2D eigenvalue weighted by atomic mass is 35.5. The quantitative estimate of drug-likeness (QED) is 0.416. The van der Waals surface area contributed by atoms with Crippen molar-refractivity contribution in [1.29, 1.82) is 0 Å². The molecule has 3 rings (SSSR count). The monoisotopic (exact) mass is 478 g/mol. The number of carbonyl (C=O) groups excluding carboxylic acids is 1. The van der Waals surface area contributed by atoms with Crippen LogP contribution in [0.15, 0.2) is 48.7 Å². The van der Waals surface area contributed by atoms with Crippen LogP contribution in [0.4, 0.5) is 10.5 Å². The summed E-state index contributed by atoms with van der Waals surface area (Å²) in [6, 6.07) is 12.4. The maximum absolute atomic E-state index is 12.1. The van der Waals surface area contributed by atoms with E-state index in [9.17, 15) is 14.7 Å². The van der Waals surface area contributed by atoms with Crippen LogP contribution in [0.25, 0.3) is 10.9 Å². The summed E-state index contributed by atoms with van der Waals surface area (Å²) in [5, 5.41) is 13.8. The fraction of sp³-hybridized carbons (Fsp3) is 0.304. The van der Waals surface area contributed by atoms with Crippen LogP contribution in [0.2, 0.25) is 10.0 Å². The van der Waals surface area contributed by atoms with Crippen molar-refractivity contribution < 1.29 is 24.2 Å². The lowest BCUT2D eigenvalue weighted by Gasteiger charge is -2.17. The van der Waals surface area contributed by atoms with Gasteiger partial charge in [0.15, 0.2) is 6.10 Å². The number of benzene rings is 2. The largest absolute Gasteiger partial charge is 0.479 e. The van der Waals surface area contributed by atoms with E-state index in [1.165, 1.54) is 6.07 Å². The van der Waals surface area contributed by atoms with Crippen LogP contribution in [0.5, 0.6) is 0 Å². The molecular weight excluding hydrogens is 455 g/mol. The minimum atomic E-state index is -0.990. The third kappa shape index (κ3) is 6.16. The molecule has 1 unspecified atom stereocenters. The Balaban J connectivity index is 1.63. The highest BCUT2D eigenvalue weighted by Crippen LogP contribution is 2.26. The van der Waals surface area contributed by atoms with Crippen LogP contribution in [0.1, 0.15) is 19.4 Å². The Kier molecular flexibility index (Phi) is 8.01. The molecule has 1 atom stereocenters. The number of hydrogen-bond acceptors (Lipinski definition) is 4. The summed E-state index contributed by atoms with van der Waals surface area (Å²) < 4.78 is 12.7. The number of halogens is 2. The second-order valence-corrected chi connectivity index (χ2v) is 8.30. The van der Waals surface area contributed by atoms with E-state index < -0.39 is 18.2 Å². The molecule has 0 fully saturated rings. The molecule has 0 radical (unpaired) electrons. The molecule has 0 aliphatic heterocycles. The Bertz CT molecular complexity index is 1110. The Morgan fingerprint density at radius 1 is 1.16 bits per heavy atom. The fourth-order valence-corrected chi connectivity index (χ4v) is 3.81. The third-order valence-corrected chi connectivity index (χ3v) is 5.30. The number of ether oxygens (including phenoxy) is 2. The summed E-state index contributed by atoms with van der Waals surface area (Å²) in [6.45, 7) is 4.19. The lowest BCUT2D eigenvalue weighted by atomic mass is 10.0. The first-order chi connectivity index (χ1) is 15.2. The van der Waals surface area contributed by atoms with Crippen molar-refractivity contribution in [3.8, 4) is 0 Å². The second kappa shape index (κ2) is 10.7. The summed E-state index contributed by atoms with van der Waals surface area (Å²) in [7, 11) is 0. The lowest BCUT2D eigenvalue weighted by molar-refractivity contribution is -0.153. The number of anilines is 1. The van der Waals surface area contributed by atoms with Gasteiger partial charge in [0.05, 0.1) is 23.4 Å². The molecule has 1 amide bonds. The van der Waals surface area contributed by atoms with E-state index in [1.54, 1.807) is 12.1 Å². The topological polar surface area (TPSA) is 89.8 Å². The molecule has 7 nitrogen and oxygen atoms in total. The van der Waals surface area contributed by atoms with Gasteiger partial charge < -0.3 is 19.1 Å². The van der Waals surface area contributed by atoms with E-state index >= 15 is 0 Å². The van der Waals surface area contributed by atoms with Crippen LogP contribution in [-0.4, -0.2) is 40.6 Å². The van der Waals surface area contributed by atoms with E-state index in [0.29, 0.717) is 22.3 Å². The molecule has 2 N–H and O–H groups in total. The first-order valence-electron chi connectivity index (χ1n) is 10.1. The van der Waals surface area contributed by atoms with Crippen molar-refractivity contribution >= 4 is 51.9 Å². The minimum Gasteiger partial charge on any atom is -0.479 e. The smallest absolute Gasteiger partial charge is 0.411 e. The number of rotatable bonds is 9. The van der Waals surface area contributed by atoms with Crippen molar-refractivity contribution in [2.45, 2.75) is 39.0 Å². The molecule has 0 saturated carbocycles. The molecule has 9 heteroatoms. The van der Waals surface area contributed by atoms with Gasteiger partial charge in [-0.1, -0.05) is 35.3 Å². The zero-order valence-corrected chi connectivity index (χ0v) is 19.2. The molecule has 170 valence electrons. The minimum absolute atomic E-state index is 0.138. The summed E-state index contributed by atoms with van der Waals surface area (Å²) in [4.78, 5) is 23.6. The number of carbonyl (C=O) groups is 2. The molecule has 0 bridgehead atoms. The van der Waals surface area contributed by atoms with Crippen molar-refractivity contribution in [2.24, 2.45) is 0 Å². The van der Waals surface area contributed by atoms with Crippen molar-refractivity contribution in [2.75, 3.05) is 11.9 Å². The summed E-state index contributed by atoms with van der Waals surface area (Å²) in [5.74, 6) is -0.990. The summed E-state index contributed by atoms with van der Waals surface area (Å²) in [5.41, 5.74) is 2.21. The molecule has 0 aliphatic carbocycles. The van der Waals surface area contributed by atoms with E-state index in [4.69, 9.17) is 32.7 Å². The SMILES string of the molecule is CC(C)OC(Cc1cccc2c1ccn2CCOC(=O)Nc1ccc(Cl)cc1Cl)C(=O)O. The number of aliphatic carboxylic acids is 1. The zero-order chi connectivity index (χ0) is 23.3. The van der Waals surface area contributed by atoms with Gasteiger partial charge >= 0.3 is 12.1 Å².